The quantitative estimate of drug-likeness (QED) is 0.443. The Kier molecular flexibility index (Phi) is 14.6. The minimum absolute atomic E-state index is 0.514. The number of ether oxygens (including phenoxy) is 5. The Morgan fingerprint density at radius 3 is 1.38 bits per heavy atom. The molecule has 0 N–H and O–H groups in total. The lowest BCUT2D eigenvalue weighted by Gasteiger charge is -2.06. The highest BCUT2D eigenvalue weighted by atomic mass is 16.6. The molecule has 0 aromatic carbocycles. The van der Waals surface area contributed by atoms with Crippen LogP contribution in [0.5, 0.6) is 0 Å². The fourth-order valence-corrected chi connectivity index (χ4v) is 0.922. The van der Waals surface area contributed by atoms with Gasteiger partial charge >= 0.3 is 0 Å². The zero-order valence-electron chi connectivity index (χ0n) is 10.1. The molecule has 0 atom stereocenters. The molecule has 0 unspecified atom stereocenters. The van der Waals surface area contributed by atoms with Gasteiger partial charge in [0, 0.05) is 6.61 Å². The van der Waals surface area contributed by atoms with Crippen molar-refractivity contribution in [2.45, 2.75) is 6.92 Å². The minimum Gasteiger partial charge on any atom is -0.379 e. The second-order valence-electron chi connectivity index (χ2n) is 2.94. The summed E-state index contributed by atoms with van der Waals surface area (Å²) in [6.45, 7) is 7.35. The maximum absolute atomic E-state index is 5.27. The van der Waals surface area contributed by atoms with E-state index in [1.165, 1.54) is 0 Å². The van der Waals surface area contributed by atoms with Crippen molar-refractivity contribution in [2.75, 3.05) is 59.5 Å². The molecule has 0 aromatic rings. The van der Waals surface area contributed by atoms with Crippen LogP contribution in [0.3, 0.4) is 0 Å². The van der Waals surface area contributed by atoms with Crippen LogP contribution in [-0.2, 0) is 23.7 Å². The summed E-state index contributed by atoms with van der Waals surface area (Å²) in [7, 11) is 3.24. The topological polar surface area (TPSA) is 46.2 Å². The van der Waals surface area contributed by atoms with Gasteiger partial charge in [-0.3, -0.25) is 0 Å². The van der Waals surface area contributed by atoms with E-state index in [1.54, 1.807) is 0 Å². The molecule has 1 radical (unpaired) electrons. The molecule has 0 heterocycles. The van der Waals surface area contributed by atoms with Gasteiger partial charge in [-0.05, 0) is 6.92 Å². The van der Waals surface area contributed by atoms with Gasteiger partial charge < -0.3 is 23.7 Å². The summed E-state index contributed by atoms with van der Waals surface area (Å²) in [5, 5.41) is 0. The summed E-state index contributed by atoms with van der Waals surface area (Å²) >= 11 is 0. The van der Waals surface area contributed by atoms with Crippen molar-refractivity contribution >= 4 is 0 Å². The molecule has 0 rings (SSSR count). The highest BCUT2D eigenvalue weighted by Gasteiger charge is 1.91. The van der Waals surface area contributed by atoms with Crippen LogP contribution in [0, 0.1) is 7.11 Å². The molecule has 0 fully saturated rings. The molecule has 0 aliphatic carbocycles. The van der Waals surface area contributed by atoms with Gasteiger partial charge in [0.25, 0.3) is 0 Å². The smallest absolute Gasteiger partial charge is 0.0701 e. The number of rotatable bonds is 13. The van der Waals surface area contributed by atoms with Crippen molar-refractivity contribution in [3.8, 4) is 0 Å². The van der Waals surface area contributed by atoms with E-state index in [1.807, 2.05) is 6.92 Å². The van der Waals surface area contributed by atoms with Crippen molar-refractivity contribution in [2.24, 2.45) is 0 Å². The van der Waals surface area contributed by atoms with Crippen molar-refractivity contribution in [1.82, 2.24) is 0 Å². The minimum atomic E-state index is 0.514. The lowest BCUT2D eigenvalue weighted by atomic mass is 10.7. The molecule has 5 nitrogen and oxygen atoms in total. The maximum atomic E-state index is 5.27. The van der Waals surface area contributed by atoms with E-state index in [-0.39, 0.29) is 0 Å². The molecule has 0 aliphatic heterocycles. The van der Waals surface area contributed by atoms with Crippen molar-refractivity contribution in [1.29, 1.82) is 0 Å². The number of hydrogen-bond donors (Lipinski definition) is 0. The third-order valence-electron chi connectivity index (χ3n) is 1.69. The molecule has 0 saturated carbocycles. The first kappa shape index (κ1) is 15.8. The predicted octanol–water partition coefficient (Wildman–Crippen LogP) is 0.881. The third kappa shape index (κ3) is 13.8. The monoisotopic (exact) mass is 235 g/mol. The molecule has 5 heteroatoms. The average molecular weight is 235 g/mol. The van der Waals surface area contributed by atoms with Gasteiger partial charge in [-0.2, -0.15) is 0 Å². The zero-order valence-corrected chi connectivity index (χ0v) is 10.1. The summed E-state index contributed by atoms with van der Waals surface area (Å²) in [4.78, 5) is 0. The Labute approximate surface area is 98.0 Å². The van der Waals surface area contributed by atoms with Crippen LogP contribution in [0.1, 0.15) is 6.92 Å². The molecule has 0 aliphatic rings. The van der Waals surface area contributed by atoms with Gasteiger partial charge in [0.15, 0.2) is 0 Å². The van der Waals surface area contributed by atoms with Crippen LogP contribution in [0.15, 0.2) is 0 Å². The van der Waals surface area contributed by atoms with Gasteiger partial charge in [-0.15, -0.1) is 0 Å². The highest BCUT2D eigenvalue weighted by molar-refractivity contribution is 4.34. The summed E-state index contributed by atoms with van der Waals surface area (Å²) in [5.74, 6) is 0. The largest absolute Gasteiger partial charge is 0.379 e. The van der Waals surface area contributed by atoms with Gasteiger partial charge in [0.2, 0.25) is 0 Å². The SMILES string of the molecule is [CH2]OCCOCCOCCOCCOCC. The van der Waals surface area contributed by atoms with E-state index in [0.29, 0.717) is 52.9 Å². The maximum Gasteiger partial charge on any atom is 0.0701 e. The van der Waals surface area contributed by atoms with Gasteiger partial charge in [0.1, 0.15) is 0 Å². The number of hydrogen-bond acceptors (Lipinski definition) is 5. The van der Waals surface area contributed by atoms with E-state index in [4.69, 9.17) is 18.9 Å². The Bertz CT molecular complexity index is 107. The van der Waals surface area contributed by atoms with Crippen molar-refractivity contribution in [3.63, 3.8) is 0 Å². The summed E-state index contributed by atoms with van der Waals surface area (Å²) < 4.78 is 25.4. The Balaban J connectivity index is 2.83. The van der Waals surface area contributed by atoms with Crippen LogP contribution < -0.4 is 0 Å². The fraction of sp³-hybridized carbons (Fsp3) is 0.909. The first-order valence-corrected chi connectivity index (χ1v) is 5.59. The molecule has 0 aromatic heterocycles. The predicted molar refractivity (Wildman–Crippen MR) is 60.3 cm³/mol. The molecular formula is C11H23O5. The van der Waals surface area contributed by atoms with Crippen LogP contribution in [0.4, 0.5) is 0 Å². The lowest BCUT2D eigenvalue weighted by Crippen LogP contribution is -2.12. The third-order valence-corrected chi connectivity index (χ3v) is 1.69. The Hall–Kier alpha value is -0.200. The average Bonchev–Trinajstić information content (AvgIpc) is 2.31. The first-order valence-electron chi connectivity index (χ1n) is 5.59. The molecular weight excluding hydrogens is 212 g/mol. The summed E-state index contributed by atoms with van der Waals surface area (Å²) in [6, 6.07) is 0. The Morgan fingerprint density at radius 1 is 0.625 bits per heavy atom. The highest BCUT2D eigenvalue weighted by Crippen LogP contribution is 1.82. The Morgan fingerprint density at radius 2 is 1.00 bits per heavy atom. The van der Waals surface area contributed by atoms with E-state index in [0.717, 1.165) is 6.61 Å². The molecule has 97 valence electrons. The summed E-state index contributed by atoms with van der Waals surface area (Å²) in [6.07, 6.45) is 0. The molecule has 0 amide bonds. The molecule has 0 spiro atoms. The van der Waals surface area contributed by atoms with Crippen LogP contribution in [0.2, 0.25) is 0 Å². The van der Waals surface area contributed by atoms with Crippen LogP contribution >= 0.6 is 0 Å². The van der Waals surface area contributed by atoms with Gasteiger partial charge in [-0.1, -0.05) is 0 Å². The zero-order chi connectivity index (χ0) is 11.9. The van der Waals surface area contributed by atoms with Gasteiger partial charge in [-0.25, -0.2) is 0 Å². The van der Waals surface area contributed by atoms with Crippen LogP contribution in [0.25, 0.3) is 0 Å². The lowest BCUT2D eigenvalue weighted by molar-refractivity contribution is -0.00529. The second-order valence-corrected chi connectivity index (χ2v) is 2.94. The molecule has 0 bridgehead atoms. The molecule has 0 saturated heterocycles. The summed E-state index contributed by atoms with van der Waals surface area (Å²) in [5.41, 5.74) is 0. The standard InChI is InChI=1S/C11H23O5/c1-3-13-6-7-15-10-11-16-9-8-14-5-4-12-2/h2-11H2,1H3. The van der Waals surface area contributed by atoms with Crippen molar-refractivity contribution in [3.05, 3.63) is 7.11 Å². The van der Waals surface area contributed by atoms with Crippen molar-refractivity contribution < 1.29 is 23.7 Å². The second kappa shape index (κ2) is 14.8. The fourth-order valence-electron chi connectivity index (χ4n) is 0.922. The van der Waals surface area contributed by atoms with Crippen LogP contribution in [-0.4, -0.2) is 59.5 Å². The first-order chi connectivity index (χ1) is 7.91. The van der Waals surface area contributed by atoms with E-state index in [2.05, 4.69) is 11.8 Å². The van der Waals surface area contributed by atoms with E-state index < -0.39 is 0 Å². The van der Waals surface area contributed by atoms with Gasteiger partial charge in [0.05, 0.1) is 60.0 Å². The normalized spacial score (nSPS) is 10.9. The van der Waals surface area contributed by atoms with E-state index >= 15 is 0 Å². The van der Waals surface area contributed by atoms with E-state index in [9.17, 15) is 0 Å². The molecule has 16 heavy (non-hydrogen) atoms.